The molecule has 85 heavy (non-hydrogen) atoms. The highest BCUT2D eigenvalue weighted by atomic mass is 15.1. The maximum absolute atomic E-state index is 2.44. The minimum atomic E-state index is -0.621. The summed E-state index contributed by atoms with van der Waals surface area (Å²) in [4.78, 5) is 4.81. The number of hydrogen-bond acceptors (Lipinski definition) is 2. The monoisotopic (exact) mass is 1080 g/mol. The quantitative estimate of drug-likeness (QED) is 0.136. The van der Waals surface area contributed by atoms with Crippen molar-refractivity contribution >= 4 is 99.3 Å². The SMILES string of the molecule is c1ccc(N(c2ccc(C3(c4ccc(N(c5ccccc5)c5ccc6c(c5)c5ccccc5n6-c5cccc6ccccc56)cc4)c4ccccc4-c4ccccc43)cc2)c2ccc3c(c2)c2ccccc2n3-c2cccc3ccccc23)cc1. The molecule has 0 atom stereocenters. The van der Waals surface area contributed by atoms with E-state index in [9.17, 15) is 0 Å². The van der Waals surface area contributed by atoms with Gasteiger partial charge in [0.2, 0.25) is 0 Å². The van der Waals surface area contributed by atoms with Crippen molar-refractivity contribution < 1.29 is 0 Å². The van der Waals surface area contributed by atoms with Crippen LogP contribution in [0.3, 0.4) is 0 Å². The van der Waals surface area contributed by atoms with Gasteiger partial charge in [-0.05, 0) is 153 Å². The lowest BCUT2D eigenvalue weighted by molar-refractivity contribution is 0.768. The van der Waals surface area contributed by atoms with E-state index in [1.165, 1.54) is 110 Å². The Morgan fingerprint density at radius 2 is 0.553 bits per heavy atom. The van der Waals surface area contributed by atoms with Gasteiger partial charge >= 0.3 is 0 Å². The fourth-order valence-electron chi connectivity index (χ4n) is 14.3. The van der Waals surface area contributed by atoms with Gasteiger partial charge in [-0.1, -0.05) is 218 Å². The van der Waals surface area contributed by atoms with Gasteiger partial charge < -0.3 is 18.9 Å². The van der Waals surface area contributed by atoms with Crippen LogP contribution in [0, 0.1) is 0 Å². The Labute approximate surface area is 493 Å². The maximum atomic E-state index is 2.44. The Hall–Kier alpha value is -11.2. The van der Waals surface area contributed by atoms with Crippen molar-refractivity contribution in [2.45, 2.75) is 5.41 Å². The number of hydrogen-bond donors (Lipinski definition) is 0. The smallest absolute Gasteiger partial charge is 0.0713 e. The summed E-state index contributed by atoms with van der Waals surface area (Å²) in [6.45, 7) is 0. The molecule has 2 heterocycles. The first-order chi connectivity index (χ1) is 42.2. The molecule has 0 bridgehead atoms. The summed E-state index contributed by atoms with van der Waals surface area (Å²) in [7, 11) is 0. The third-order valence-corrected chi connectivity index (χ3v) is 17.9. The second-order valence-electron chi connectivity index (χ2n) is 22.4. The maximum Gasteiger partial charge on any atom is 0.0713 e. The summed E-state index contributed by atoms with van der Waals surface area (Å²) in [6.07, 6.45) is 0. The third-order valence-electron chi connectivity index (χ3n) is 17.9. The average molecular weight is 1080 g/mol. The molecule has 0 saturated carbocycles. The Bertz CT molecular complexity index is 4910. The fraction of sp³-hybridized carbons (Fsp3) is 0.0123. The Morgan fingerprint density at radius 3 is 1.00 bits per heavy atom. The minimum absolute atomic E-state index is 0.621. The standard InChI is InChI=1S/C81H54N4/c1-3-25-59(26-4-1)82(63-49-51-79-71(53-63)69-33-13-17-37-77(69)84(79)75-39-19-23-55-21-7-9-29-65(55)75)61-45-41-57(42-46-61)81(73-35-15-11-31-67(73)68-32-12-16-36-74(68)81)58-43-47-62(48-44-58)83(60-27-5-2-6-28-60)64-50-52-80-72(54-64)70-34-14-18-38-78(70)85(80)76-40-20-24-56-22-8-10-30-66(56)76/h1-54H. The highest BCUT2D eigenvalue weighted by molar-refractivity contribution is 6.13. The van der Waals surface area contributed by atoms with Gasteiger partial charge in [0.25, 0.3) is 0 Å². The molecule has 0 aliphatic heterocycles. The predicted octanol–water partition coefficient (Wildman–Crippen LogP) is 21.5. The third kappa shape index (κ3) is 7.49. The second kappa shape index (κ2) is 19.5. The fourth-order valence-corrected chi connectivity index (χ4v) is 14.3. The van der Waals surface area contributed by atoms with Crippen molar-refractivity contribution in [3.05, 3.63) is 350 Å². The van der Waals surface area contributed by atoms with Crippen molar-refractivity contribution in [3.63, 3.8) is 0 Å². The molecule has 16 aromatic rings. The molecular weight excluding hydrogens is 1030 g/mol. The van der Waals surface area contributed by atoms with E-state index >= 15 is 0 Å². The number of aromatic nitrogens is 2. The van der Waals surface area contributed by atoms with Crippen LogP contribution in [-0.2, 0) is 5.41 Å². The van der Waals surface area contributed by atoms with Crippen LogP contribution < -0.4 is 9.80 Å². The van der Waals surface area contributed by atoms with E-state index in [1.54, 1.807) is 0 Å². The molecular formula is C81H54N4. The number of rotatable bonds is 10. The predicted molar refractivity (Wildman–Crippen MR) is 357 cm³/mol. The lowest BCUT2D eigenvalue weighted by atomic mass is 9.67. The molecule has 0 unspecified atom stereocenters. The van der Waals surface area contributed by atoms with Crippen molar-refractivity contribution in [1.82, 2.24) is 9.13 Å². The van der Waals surface area contributed by atoms with Gasteiger partial charge in [-0.15, -0.1) is 0 Å². The van der Waals surface area contributed by atoms with Crippen LogP contribution >= 0.6 is 0 Å². The number of para-hydroxylation sites is 4. The van der Waals surface area contributed by atoms with E-state index < -0.39 is 5.41 Å². The first-order valence-corrected chi connectivity index (χ1v) is 29.3. The van der Waals surface area contributed by atoms with Crippen LogP contribution in [0.4, 0.5) is 34.1 Å². The molecule has 1 aliphatic carbocycles. The molecule has 4 heteroatoms. The Morgan fingerprint density at radius 1 is 0.224 bits per heavy atom. The molecule has 0 fully saturated rings. The second-order valence-corrected chi connectivity index (χ2v) is 22.4. The summed E-state index contributed by atoms with van der Waals surface area (Å²) in [5, 5.41) is 9.75. The van der Waals surface area contributed by atoms with Gasteiger partial charge in [-0.25, -0.2) is 0 Å². The lowest BCUT2D eigenvalue weighted by Gasteiger charge is -2.35. The van der Waals surface area contributed by atoms with Crippen LogP contribution in [0.15, 0.2) is 328 Å². The molecule has 0 amide bonds. The van der Waals surface area contributed by atoms with Crippen molar-refractivity contribution in [2.24, 2.45) is 0 Å². The normalized spacial score (nSPS) is 12.6. The van der Waals surface area contributed by atoms with Crippen molar-refractivity contribution in [2.75, 3.05) is 9.80 Å². The van der Waals surface area contributed by atoms with Crippen LogP contribution in [0.5, 0.6) is 0 Å². The van der Waals surface area contributed by atoms with E-state index in [1.807, 2.05) is 0 Å². The number of benzene rings is 14. The van der Waals surface area contributed by atoms with Crippen LogP contribution in [-0.4, -0.2) is 9.13 Å². The highest BCUT2D eigenvalue weighted by Crippen LogP contribution is 2.57. The molecule has 0 N–H and O–H groups in total. The van der Waals surface area contributed by atoms with E-state index in [0.717, 1.165) is 34.1 Å². The largest absolute Gasteiger partial charge is 0.310 e. The summed E-state index contributed by atoms with van der Waals surface area (Å²) in [5.74, 6) is 0. The molecule has 2 aromatic heterocycles. The molecule has 398 valence electrons. The Balaban J connectivity index is 0.802. The van der Waals surface area contributed by atoms with Gasteiger partial charge in [0.05, 0.1) is 38.9 Å². The molecule has 14 aromatic carbocycles. The molecule has 4 nitrogen and oxygen atoms in total. The topological polar surface area (TPSA) is 16.3 Å². The summed E-state index contributed by atoms with van der Waals surface area (Å²) in [5.41, 5.74) is 20.4. The van der Waals surface area contributed by atoms with Gasteiger partial charge in [0.15, 0.2) is 0 Å². The van der Waals surface area contributed by atoms with E-state index in [2.05, 4.69) is 347 Å². The van der Waals surface area contributed by atoms with Crippen molar-refractivity contribution in [1.29, 1.82) is 0 Å². The van der Waals surface area contributed by atoms with Crippen LogP contribution in [0.25, 0.3) is 87.7 Å². The highest BCUT2D eigenvalue weighted by Gasteiger charge is 2.46. The zero-order valence-electron chi connectivity index (χ0n) is 46.5. The van der Waals surface area contributed by atoms with Gasteiger partial charge in [-0.3, -0.25) is 0 Å². The van der Waals surface area contributed by atoms with Gasteiger partial charge in [0, 0.05) is 66.4 Å². The lowest BCUT2D eigenvalue weighted by Crippen LogP contribution is -2.28. The Kier molecular flexibility index (Phi) is 11.1. The number of nitrogens with zero attached hydrogens (tertiary/aromatic N) is 4. The first kappa shape index (κ1) is 48.5. The summed E-state index contributed by atoms with van der Waals surface area (Å²) in [6, 6.07) is 121. The van der Waals surface area contributed by atoms with Crippen LogP contribution in [0.1, 0.15) is 22.3 Å². The van der Waals surface area contributed by atoms with Crippen LogP contribution in [0.2, 0.25) is 0 Å². The molecule has 0 saturated heterocycles. The van der Waals surface area contributed by atoms with Gasteiger partial charge in [-0.2, -0.15) is 0 Å². The average Bonchev–Trinajstić information content (AvgIpc) is 2.50. The summed E-state index contributed by atoms with van der Waals surface area (Å²) < 4.78 is 4.88. The van der Waals surface area contributed by atoms with E-state index in [-0.39, 0.29) is 0 Å². The zero-order chi connectivity index (χ0) is 56.0. The molecule has 0 spiro atoms. The minimum Gasteiger partial charge on any atom is -0.310 e. The number of anilines is 6. The molecule has 0 radical (unpaired) electrons. The molecule has 1 aliphatic rings. The van der Waals surface area contributed by atoms with E-state index in [4.69, 9.17) is 0 Å². The zero-order valence-corrected chi connectivity index (χ0v) is 46.5. The number of fused-ring (bicyclic) bond motifs is 11. The van der Waals surface area contributed by atoms with Crippen molar-refractivity contribution in [3.8, 4) is 22.5 Å². The van der Waals surface area contributed by atoms with Gasteiger partial charge in [0.1, 0.15) is 0 Å². The van der Waals surface area contributed by atoms with E-state index in [0.29, 0.717) is 0 Å². The molecule has 17 rings (SSSR count). The first-order valence-electron chi connectivity index (χ1n) is 29.3. The summed E-state index contributed by atoms with van der Waals surface area (Å²) >= 11 is 0.